The summed E-state index contributed by atoms with van der Waals surface area (Å²) in [6.45, 7) is 2.82. The van der Waals surface area contributed by atoms with Gasteiger partial charge in [-0.15, -0.1) is 0 Å². The first kappa shape index (κ1) is 12.4. The van der Waals surface area contributed by atoms with Gasteiger partial charge >= 0.3 is 5.97 Å². The van der Waals surface area contributed by atoms with Crippen LogP contribution in [0.4, 0.5) is 0 Å². The van der Waals surface area contributed by atoms with Gasteiger partial charge in [-0.3, -0.25) is 4.79 Å². The van der Waals surface area contributed by atoms with Gasteiger partial charge in [0.25, 0.3) is 0 Å². The lowest BCUT2D eigenvalue weighted by atomic mass is 10.1. The normalized spacial score (nSPS) is 11.4. The van der Waals surface area contributed by atoms with E-state index in [2.05, 4.69) is 29.0 Å². The number of carbonyl (C=O) groups is 1. The second-order valence-corrected chi connectivity index (χ2v) is 4.29. The van der Waals surface area contributed by atoms with Crippen LogP contribution in [-0.4, -0.2) is 15.6 Å². The molecule has 0 unspecified atom stereocenters. The minimum absolute atomic E-state index is 0.178. The van der Waals surface area contributed by atoms with E-state index in [9.17, 15) is 4.79 Å². The molecule has 3 heteroatoms. The molecule has 0 saturated heterocycles. The molecule has 1 aromatic carbocycles. The number of fused-ring (bicyclic) bond motifs is 1. The van der Waals surface area contributed by atoms with Crippen LogP contribution < -0.4 is 0 Å². The molecule has 0 bridgehead atoms. The van der Waals surface area contributed by atoms with Crippen LogP contribution in [-0.2, 0) is 17.8 Å². The lowest BCUT2D eigenvalue weighted by Gasteiger charge is -1.99. The molecule has 2 aromatic rings. The van der Waals surface area contributed by atoms with Crippen molar-refractivity contribution in [3.05, 3.63) is 48.2 Å². The highest BCUT2D eigenvalue weighted by atomic mass is 16.4. The molecule has 18 heavy (non-hydrogen) atoms. The summed E-state index contributed by atoms with van der Waals surface area (Å²) in [6, 6.07) is 8.13. The Kier molecular flexibility index (Phi) is 3.82. The molecule has 0 amide bonds. The van der Waals surface area contributed by atoms with E-state index in [4.69, 9.17) is 5.11 Å². The van der Waals surface area contributed by atoms with Gasteiger partial charge in [0.2, 0.25) is 0 Å². The second-order valence-electron chi connectivity index (χ2n) is 4.29. The first-order chi connectivity index (χ1) is 8.72. The van der Waals surface area contributed by atoms with Gasteiger partial charge in [0, 0.05) is 30.1 Å². The Morgan fingerprint density at radius 1 is 1.39 bits per heavy atom. The summed E-state index contributed by atoms with van der Waals surface area (Å²) < 4.78 is 2.16. The Balaban J connectivity index is 2.37. The fourth-order valence-electron chi connectivity index (χ4n) is 2.13. The number of carboxylic acid groups (broad SMARTS) is 1. The molecule has 1 heterocycles. The fourth-order valence-corrected chi connectivity index (χ4v) is 2.13. The molecule has 1 N–H and O–H groups in total. The van der Waals surface area contributed by atoms with Gasteiger partial charge in [-0.05, 0) is 25.0 Å². The molecule has 0 aliphatic carbocycles. The van der Waals surface area contributed by atoms with E-state index in [-0.39, 0.29) is 6.42 Å². The van der Waals surface area contributed by atoms with Crippen molar-refractivity contribution in [1.82, 2.24) is 4.57 Å². The zero-order valence-corrected chi connectivity index (χ0v) is 10.5. The Morgan fingerprint density at radius 3 is 2.89 bits per heavy atom. The van der Waals surface area contributed by atoms with Crippen molar-refractivity contribution in [1.29, 1.82) is 0 Å². The van der Waals surface area contributed by atoms with Gasteiger partial charge in [-0.25, -0.2) is 0 Å². The zero-order valence-electron chi connectivity index (χ0n) is 10.5. The molecule has 1 aromatic heterocycles. The Hall–Kier alpha value is -2.03. The van der Waals surface area contributed by atoms with Gasteiger partial charge in [-0.2, -0.15) is 0 Å². The van der Waals surface area contributed by atoms with Crippen molar-refractivity contribution < 1.29 is 9.90 Å². The summed E-state index contributed by atoms with van der Waals surface area (Å²) in [5.74, 6) is -0.750. The molecule has 2 rings (SSSR count). The monoisotopic (exact) mass is 243 g/mol. The van der Waals surface area contributed by atoms with E-state index in [1.165, 1.54) is 0 Å². The molecule has 0 atom stereocenters. The van der Waals surface area contributed by atoms with E-state index >= 15 is 0 Å². The standard InChI is InChI=1S/C15H17NO2/c1-2-3-10-16-11-12(8-9-15(17)18)13-6-4-5-7-14(13)16/h2-7,11H,8-10H2,1H3,(H,17,18)/b3-2+. The third-order valence-electron chi connectivity index (χ3n) is 3.02. The van der Waals surface area contributed by atoms with E-state index in [0.29, 0.717) is 6.42 Å². The highest BCUT2D eigenvalue weighted by molar-refractivity contribution is 5.84. The number of aryl methyl sites for hydroxylation is 1. The maximum Gasteiger partial charge on any atom is 0.303 e. The van der Waals surface area contributed by atoms with Crippen LogP contribution >= 0.6 is 0 Å². The number of allylic oxidation sites excluding steroid dienone is 2. The molecule has 0 fully saturated rings. The van der Waals surface area contributed by atoms with Crippen molar-refractivity contribution in [2.45, 2.75) is 26.3 Å². The number of aliphatic carboxylic acids is 1. The van der Waals surface area contributed by atoms with Gasteiger partial charge in [-0.1, -0.05) is 30.4 Å². The maximum atomic E-state index is 10.7. The molecule has 0 saturated carbocycles. The van der Waals surface area contributed by atoms with E-state index in [1.807, 2.05) is 25.1 Å². The van der Waals surface area contributed by atoms with Gasteiger partial charge < -0.3 is 9.67 Å². The highest BCUT2D eigenvalue weighted by Crippen LogP contribution is 2.22. The third kappa shape index (κ3) is 2.62. The Labute approximate surface area is 106 Å². The summed E-state index contributed by atoms with van der Waals surface area (Å²) in [7, 11) is 0. The van der Waals surface area contributed by atoms with Crippen molar-refractivity contribution in [2.24, 2.45) is 0 Å². The zero-order chi connectivity index (χ0) is 13.0. The van der Waals surface area contributed by atoms with E-state index < -0.39 is 5.97 Å². The maximum absolute atomic E-state index is 10.7. The summed E-state index contributed by atoms with van der Waals surface area (Å²) >= 11 is 0. The first-order valence-corrected chi connectivity index (χ1v) is 6.12. The molecular formula is C15H17NO2. The average Bonchev–Trinajstić information content (AvgIpc) is 2.72. The van der Waals surface area contributed by atoms with Crippen molar-refractivity contribution >= 4 is 16.9 Å². The summed E-state index contributed by atoms with van der Waals surface area (Å²) in [5, 5.41) is 9.93. The molecule has 0 aliphatic rings. The van der Waals surface area contributed by atoms with E-state index in [1.54, 1.807) is 0 Å². The van der Waals surface area contributed by atoms with Crippen LogP contribution in [0.1, 0.15) is 18.9 Å². The van der Waals surface area contributed by atoms with E-state index in [0.717, 1.165) is 23.0 Å². The van der Waals surface area contributed by atoms with Crippen LogP contribution in [0.15, 0.2) is 42.6 Å². The van der Waals surface area contributed by atoms with Gasteiger partial charge in [0.15, 0.2) is 0 Å². The molecular weight excluding hydrogens is 226 g/mol. The summed E-state index contributed by atoms with van der Waals surface area (Å²) in [4.78, 5) is 10.7. The summed E-state index contributed by atoms with van der Waals surface area (Å²) in [6.07, 6.45) is 6.93. The van der Waals surface area contributed by atoms with Crippen molar-refractivity contribution in [3.8, 4) is 0 Å². The Morgan fingerprint density at radius 2 is 2.17 bits per heavy atom. The van der Waals surface area contributed by atoms with Crippen LogP contribution in [0.2, 0.25) is 0 Å². The molecule has 0 radical (unpaired) electrons. The third-order valence-corrected chi connectivity index (χ3v) is 3.02. The lowest BCUT2D eigenvalue weighted by molar-refractivity contribution is -0.136. The second kappa shape index (κ2) is 5.54. The van der Waals surface area contributed by atoms with Gasteiger partial charge in [0.1, 0.15) is 0 Å². The van der Waals surface area contributed by atoms with Crippen LogP contribution in [0.3, 0.4) is 0 Å². The lowest BCUT2D eigenvalue weighted by Crippen LogP contribution is -1.97. The number of benzene rings is 1. The van der Waals surface area contributed by atoms with Gasteiger partial charge in [0.05, 0.1) is 0 Å². The number of para-hydroxylation sites is 1. The predicted octanol–water partition coefficient (Wildman–Crippen LogP) is 3.23. The molecule has 3 nitrogen and oxygen atoms in total. The SMILES string of the molecule is C/C=C/Cn1cc(CCC(=O)O)c2ccccc21. The van der Waals surface area contributed by atoms with Crippen molar-refractivity contribution in [3.63, 3.8) is 0 Å². The number of nitrogens with zero attached hydrogens (tertiary/aromatic N) is 1. The molecule has 0 spiro atoms. The summed E-state index contributed by atoms with van der Waals surface area (Å²) in [5.41, 5.74) is 2.27. The average molecular weight is 243 g/mol. The molecule has 94 valence electrons. The number of carboxylic acids is 1. The number of hydrogen-bond acceptors (Lipinski definition) is 1. The largest absolute Gasteiger partial charge is 0.481 e. The minimum Gasteiger partial charge on any atom is -0.481 e. The predicted molar refractivity (Wildman–Crippen MR) is 72.7 cm³/mol. The number of rotatable bonds is 5. The topological polar surface area (TPSA) is 42.2 Å². The smallest absolute Gasteiger partial charge is 0.303 e. The van der Waals surface area contributed by atoms with Crippen LogP contribution in [0, 0.1) is 0 Å². The Bertz CT molecular complexity index is 581. The number of aromatic nitrogens is 1. The molecule has 0 aliphatic heterocycles. The van der Waals surface area contributed by atoms with Crippen LogP contribution in [0.25, 0.3) is 10.9 Å². The minimum atomic E-state index is -0.750. The van der Waals surface area contributed by atoms with Crippen LogP contribution in [0.5, 0.6) is 0 Å². The highest BCUT2D eigenvalue weighted by Gasteiger charge is 2.08. The number of hydrogen-bond donors (Lipinski definition) is 1. The fraction of sp³-hybridized carbons (Fsp3) is 0.267. The first-order valence-electron chi connectivity index (χ1n) is 6.12. The quantitative estimate of drug-likeness (QED) is 0.819. The van der Waals surface area contributed by atoms with Crippen molar-refractivity contribution in [2.75, 3.05) is 0 Å².